The maximum atomic E-state index is 9.36. The molecular weight excluding hydrogens is 160 g/mol. The third kappa shape index (κ3) is 4.01. The van der Waals surface area contributed by atoms with Crippen LogP contribution in [0.15, 0.2) is 0 Å². The topological polar surface area (TPSA) is 69.9 Å². The van der Waals surface area contributed by atoms with Gasteiger partial charge in [0.25, 0.3) is 0 Å². The van der Waals surface area contributed by atoms with E-state index in [2.05, 4.69) is 0 Å². The Labute approximate surface area is 72.8 Å². The van der Waals surface area contributed by atoms with Gasteiger partial charge in [0.1, 0.15) is 6.10 Å². The predicted octanol–water partition coefficient (Wildman–Crippen LogP) is -0.279. The Morgan fingerprint density at radius 2 is 1.92 bits per heavy atom. The van der Waals surface area contributed by atoms with Crippen molar-refractivity contribution in [3.8, 4) is 0 Å². The van der Waals surface area contributed by atoms with Gasteiger partial charge < -0.3 is 20.1 Å². The van der Waals surface area contributed by atoms with Gasteiger partial charge in [-0.25, -0.2) is 0 Å². The van der Waals surface area contributed by atoms with E-state index in [0.29, 0.717) is 13.0 Å². The molecule has 3 unspecified atom stereocenters. The van der Waals surface area contributed by atoms with Crippen molar-refractivity contribution in [1.29, 1.82) is 0 Å². The summed E-state index contributed by atoms with van der Waals surface area (Å²) in [5, 5.41) is 27.1. The average molecular weight is 178 g/mol. The SMILES string of the molecule is CCOC(O)C(O)C(C)CCO. The van der Waals surface area contributed by atoms with Gasteiger partial charge in [-0.3, -0.25) is 0 Å². The molecule has 0 aliphatic rings. The minimum absolute atomic E-state index is 0.0110. The molecule has 0 aromatic heterocycles. The van der Waals surface area contributed by atoms with Crippen LogP contribution in [0.25, 0.3) is 0 Å². The third-order valence-corrected chi connectivity index (χ3v) is 1.80. The first-order valence-corrected chi connectivity index (χ1v) is 4.22. The summed E-state index contributed by atoms with van der Waals surface area (Å²) >= 11 is 0. The third-order valence-electron chi connectivity index (χ3n) is 1.80. The number of hydrogen-bond donors (Lipinski definition) is 3. The minimum Gasteiger partial charge on any atom is -0.396 e. The van der Waals surface area contributed by atoms with Gasteiger partial charge in [-0.2, -0.15) is 0 Å². The molecule has 0 amide bonds. The minimum atomic E-state index is -1.14. The molecule has 74 valence electrons. The van der Waals surface area contributed by atoms with Crippen LogP contribution in [0.2, 0.25) is 0 Å². The van der Waals surface area contributed by atoms with Crippen LogP contribution >= 0.6 is 0 Å². The highest BCUT2D eigenvalue weighted by molar-refractivity contribution is 4.66. The van der Waals surface area contributed by atoms with Crippen LogP contribution in [-0.2, 0) is 4.74 Å². The molecule has 3 atom stereocenters. The molecule has 0 fully saturated rings. The molecule has 12 heavy (non-hydrogen) atoms. The number of aliphatic hydroxyl groups is 3. The maximum absolute atomic E-state index is 9.36. The summed E-state index contributed by atoms with van der Waals surface area (Å²) in [5.74, 6) is -0.156. The van der Waals surface area contributed by atoms with Crippen molar-refractivity contribution in [2.75, 3.05) is 13.2 Å². The molecule has 4 nitrogen and oxygen atoms in total. The quantitative estimate of drug-likeness (QED) is 0.489. The van der Waals surface area contributed by atoms with Gasteiger partial charge in [-0.15, -0.1) is 0 Å². The maximum Gasteiger partial charge on any atom is 0.181 e. The fourth-order valence-electron chi connectivity index (χ4n) is 0.925. The molecule has 0 rings (SSSR count). The smallest absolute Gasteiger partial charge is 0.181 e. The molecule has 0 aromatic rings. The fraction of sp³-hybridized carbons (Fsp3) is 1.00. The second-order valence-corrected chi connectivity index (χ2v) is 2.83. The Hall–Kier alpha value is -0.160. The first-order chi connectivity index (χ1) is 5.63. The van der Waals surface area contributed by atoms with Gasteiger partial charge in [0.2, 0.25) is 0 Å². The van der Waals surface area contributed by atoms with Gasteiger partial charge in [-0.1, -0.05) is 6.92 Å². The molecule has 0 saturated carbocycles. The molecule has 0 spiro atoms. The van der Waals surface area contributed by atoms with Crippen molar-refractivity contribution in [2.24, 2.45) is 5.92 Å². The summed E-state index contributed by atoms with van der Waals surface area (Å²) in [5.41, 5.74) is 0. The Morgan fingerprint density at radius 3 is 2.33 bits per heavy atom. The summed E-state index contributed by atoms with van der Waals surface area (Å²) < 4.78 is 4.79. The van der Waals surface area contributed by atoms with E-state index in [-0.39, 0.29) is 12.5 Å². The van der Waals surface area contributed by atoms with Crippen molar-refractivity contribution < 1.29 is 20.1 Å². The standard InChI is InChI=1S/C8H18O4/c1-3-12-8(11)7(10)6(2)4-5-9/h6-11H,3-5H2,1-2H3. The summed E-state index contributed by atoms with van der Waals surface area (Å²) in [6, 6.07) is 0. The zero-order valence-electron chi connectivity index (χ0n) is 7.60. The molecule has 0 heterocycles. The first-order valence-electron chi connectivity index (χ1n) is 4.22. The summed E-state index contributed by atoms with van der Waals surface area (Å²) in [4.78, 5) is 0. The Bertz CT molecular complexity index is 95.2. The molecule has 0 aliphatic carbocycles. The molecule has 0 radical (unpaired) electrons. The van der Waals surface area contributed by atoms with Gasteiger partial charge in [0, 0.05) is 13.2 Å². The molecule has 0 aromatic carbocycles. The lowest BCUT2D eigenvalue weighted by atomic mass is 10.0. The summed E-state index contributed by atoms with van der Waals surface area (Å²) in [6.45, 7) is 3.87. The highest BCUT2D eigenvalue weighted by Crippen LogP contribution is 2.11. The molecular formula is C8H18O4. The van der Waals surface area contributed by atoms with E-state index in [1.165, 1.54) is 0 Å². The lowest BCUT2D eigenvalue weighted by Crippen LogP contribution is -2.34. The molecule has 0 bridgehead atoms. The number of ether oxygens (including phenoxy) is 1. The van der Waals surface area contributed by atoms with E-state index in [4.69, 9.17) is 14.9 Å². The predicted molar refractivity (Wildman–Crippen MR) is 44.5 cm³/mol. The second-order valence-electron chi connectivity index (χ2n) is 2.83. The van der Waals surface area contributed by atoms with Crippen molar-refractivity contribution >= 4 is 0 Å². The summed E-state index contributed by atoms with van der Waals surface area (Å²) in [7, 11) is 0. The molecule has 4 heteroatoms. The van der Waals surface area contributed by atoms with Crippen LogP contribution < -0.4 is 0 Å². The van der Waals surface area contributed by atoms with Crippen molar-refractivity contribution in [1.82, 2.24) is 0 Å². The van der Waals surface area contributed by atoms with E-state index in [0.717, 1.165) is 0 Å². The van der Waals surface area contributed by atoms with E-state index in [1.807, 2.05) is 0 Å². The average Bonchev–Trinajstić information content (AvgIpc) is 2.04. The summed E-state index contributed by atoms with van der Waals surface area (Å²) in [6.07, 6.45) is -1.60. The van der Waals surface area contributed by atoms with Crippen LogP contribution in [-0.4, -0.2) is 40.9 Å². The molecule has 0 saturated heterocycles. The highest BCUT2D eigenvalue weighted by Gasteiger charge is 2.22. The zero-order chi connectivity index (χ0) is 9.56. The van der Waals surface area contributed by atoms with Crippen LogP contribution in [0, 0.1) is 5.92 Å². The van der Waals surface area contributed by atoms with Crippen LogP contribution in [0.1, 0.15) is 20.3 Å². The number of aliphatic hydroxyl groups excluding tert-OH is 3. The van der Waals surface area contributed by atoms with Crippen molar-refractivity contribution in [3.05, 3.63) is 0 Å². The van der Waals surface area contributed by atoms with Crippen molar-refractivity contribution in [3.63, 3.8) is 0 Å². The van der Waals surface area contributed by atoms with Gasteiger partial charge in [0.15, 0.2) is 6.29 Å². The van der Waals surface area contributed by atoms with E-state index in [1.54, 1.807) is 13.8 Å². The largest absolute Gasteiger partial charge is 0.396 e. The molecule has 0 aliphatic heterocycles. The Balaban J connectivity index is 3.73. The van der Waals surface area contributed by atoms with Crippen LogP contribution in [0.3, 0.4) is 0 Å². The zero-order valence-corrected chi connectivity index (χ0v) is 7.60. The van der Waals surface area contributed by atoms with Crippen molar-refractivity contribution in [2.45, 2.75) is 32.7 Å². The lowest BCUT2D eigenvalue weighted by molar-refractivity contribution is -0.173. The Kier molecular flexibility index (Phi) is 6.28. The fourth-order valence-corrected chi connectivity index (χ4v) is 0.925. The normalized spacial score (nSPS) is 18.8. The van der Waals surface area contributed by atoms with Crippen LogP contribution in [0.5, 0.6) is 0 Å². The Morgan fingerprint density at radius 1 is 1.33 bits per heavy atom. The lowest BCUT2D eigenvalue weighted by Gasteiger charge is -2.22. The van der Waals surface area contributed by atoms with Gasteiger partial charge in [-0.05, 0) is 19.3 Å². The van der Waals surface area contributed by atoms with E-state index >= 15 is 0 Å². The van der Waals surface area contributed by atoms with Gasteiger partial charge in [0.05, 0.1) is 0 Å². The van der Waals surface area contributed by atoms with Gasteiger partial charge >= 0.3 is 0 Å². The number of rotatable bonds is 6. The second kappa shape index (κ2) is 6.37. The first kappa shape index (κ1) is 11.8. The highest BCUT2D eigenvalue weighted by atomic mass is 16.6. The van der Waals surface area contributed by atoms with E-state index in [9.17, 15) is 5.11 Å². The van der Waals surface area contributed by atoms with E-state index < -0.39 is 12.4 Å². The number of hydrogen-bond acceptors (Lipinski definition) is 4. The monoisotopic (exact) mass is 178 g/mol. The van der Waals surface area contributed by atoms with Crippen LogP contribution in [0.4, 0.5) is 0 Å². The molecule has 3 N–H and O–H groups in total.